The average Bonchev–Trinajstić information content (AvgIpc) is 2.23. The average molecular weight is 274 g/mol. The van der Waals surface area contributed by atoms with Gasteiger partial charge in [-0.2, -0.15) is 0 Å². The molecule has 16 heavy (non-hydrogen) atoms. The maximum absolute atomic E-state index is 6.09. The van der Waals surface area contributed by atoms with Crippen molar-refractivity contribution in [2.24, 2.45) is 0 Å². The van der Waals surface area contributed by atoms with Crippen molar-refractivity contribution in [2.45, 2.75) is 0 Å². The topological polar surface area (TPSA) is 38.9 Å². The van der Waals surface area contributed by atoms with Crippen LogP contribution < -0.4 is 5.73 Å². The molecular weight excluding hydrogens is 266 g/mol. The smallest absolute Gasteiger partial charge is 0.0672 e. The summed E-state index contributed by atoms with van der Waals surface area (Å²) in [5.41, 5.74) is 7.72. The van der Waals surface area contributed by atoms with E-state index in [1.807, 2.05) is 0 Å². The molecule has 0 fully saturated rings. The van der Waals surface area contributed by atoms with Gasteiger partial charge in [0.2, 0.25) is 0 Å². The van der Waals surface area contributed by atoms with E-state index >= 15 is 0 Å². The molecule has 0 radical (unpaired) electrons. The van der Waals surface area contributed by atoms with Gasteiger partial charge in [0.1, 0.15) is 0 Å². The third-order valence-electron chi connectivity index (χ3n) is 2.06. The Morgan fingerprint density at radius 2 is 1.75 bits per heavy atom. The van der Waals surface area contributed by atoms with Crippen LogP contribution in [0.2, 0.25) is 15.1 Å². The number of anilines is 1. The molecule has 2 N–H and O–H groups in total. The lowest BCUT2D eigenvalue weighted by atomic mass is 10.1. The van der Waals surface area contributed by atoms with Crippen molar-refractivity contribution in [3.63, 3.8) is 0 Å². The predicted molar refractivity (Wildman–Crippen MR) is 69.1 cm³/mol. The minimum atomic E-state index is 0.409. The van der Waals surface area contributed by atoms with Crippen LogP contribution in [0.25, 0.3) is 11.1 Å². The van der Waals surface area contributed by atoms with Crippen molar-refractivity contribution in [3.8, 4) is 11.1 Å². The first-order chi connectivity index (χ1) is 7.58. The number of halogens is 3. The predicted octanol–water partition coefficient (Wildman–Crippen LogP) is 4.29. The highest BCUT2D eigenvalue weighted by Gasteiger charge is 2.09. The molecule has 1 aromatic carbocycles. The monoisotopic (exact) mass is 272 g/mol. The highest BCUT2D eigenvalue weighted by molar-refractivity contribution is 6.45. The molecule has 5 heteroatoms. The fourth-order valence-electron chi connectivity index (χ4n) is 1.37. The summed E-state index contributed by atoms with van der Waals surface area (Å²) in [6.45, 7) is 0. The summed E-state index contributed by atoms with van der Waals surface area (Å²) in [5.74, 6) is 0. The molecule has 0 amide bonds. The van der Waals surface area contributed by atoms with Gasteiger partial charge < -0.3 is 5.73 Å². The van der Waals surface area contributed by atoms with E-state index in [-0.39, 0.29) is 0 Å². The van der Waals surface area contributed by atoms with Crippen LogP contribution in [-0.4, -0.2) is 4.98 Å². The van der Waals surface area contributed by atoms with Gasteiger partial charge in [0.25, 0.3) is 0 Å². The van der Waals surface area contributed by atoms with Crippen LogP contribution in [0.15, 0.2) is 30.6 Å². The zero-order chi connectivity index (χ0) is 11.7. The van der Waals surface area contributed by atoms with Gasteiger partial charge >= 0.3 is 0 Å². The van der Waals surface area contributed by atoms with Crippen LogP contribution >= 0.6 is 34.8 Å². The molecule has 0 aliphatic rings. The number of nitrogen functional groups attached to an aromatic ring is 1. The van der Waals surface area contributed by atoms with Gasteiger partial charge in [-0.1, -0.05) is 34.8 Å². The van der Waals surface area contributed by atoms with E-state index in [0.717, 1.165) is 11.1 Å². The number of hydrogen-bond donors (Lipinski definition) is 1. The van der Waals surface area contributed by atoms with E-state index < -0.39 is 0 Å². The molecule has 2 rings (SSSR count). The van der Waals surface area contributed by atoms with Crippen LogP contribution in [0.4, 0.5) is 5.69 Å². The standard InChI is InChI=1S/C11H7Cl3N2/c12-7-2-9(11(14)10(13)3-7)6-1-8(15)5-16-4-6/h1-5H,15H2. The normalized spacial score (nSPS) is 10.4. The van der Waals surface area contributed by atoms with Gasteiger partial charge in [-0.25, -0.2) is 0 Å². The number of nitrogens with two attached hydrogens (primary N) is 1. The lowest BCUT2D eigenvalue weighted by molar-refractivity contribution is 1.33. The second kappa shape index (κ2) is 4.50. The molecule has 0 aliphatic heterocycles. The zero-order valence-corrected chi connectivity index (χ0v) is 10.3. The second-order valence-corrected chi connectivity index (χ2v) is 4.48. The third kappa shape index (κ3) is 2.24. The van der Waals surface area contributed by atoms with Crippen molar-refractivity contribution in [3.05, 3.63) is 45.7 Å². The summed E-state index contributed by atoms with van der Waals surface area (Å²) in [4.78, 5) is 3.99. The molecule has 0 saturated heterocycles. The second-order valence-electron chi connectivity index (χ2n) is 3.26. The van der Waals surface area contributed by atoms with Gasteiger partial charge in [0.15, 0.2) is 0 Å². The molecule has 1 heterocycles. The third-order valence-corrected chi connectivity index (χ3v) is 3.08. The first kappa shape index (κ1) is 11.5. The van der Waals surface area contributed by atoms with Crippen molar-refractivity contribution < 1.29 is 0 Å². The molecule has 0 atom stereocenters. The number of nitrogens with zero attached hydrogens (tertiary/aromatic N) is 1. The lowest BCUT2D eigenvalue weighted by Gasteiger charge is -2.07. The Kier molecular flexibility index (Phi) is 3.24. The van der Waals surface area contributed by atoms with Crippen molar-refractivity contribution in [2.75, 3.05) is 5.73 Å². The number of hydrogen-bond acceptors (Lipinski definition) is 2. The minimum absolute atomic E-state index is 0.409. The van der Waals surface area contributed by atoms with Crippen LogP contribution in [0, 0.1) is 0 Å². The Morgan fingerprint density at radius 3 is 2.44 bits per heavy atom. The summed E-state index contributed by atoms with van der Waals surface area (Å²) >= 11 is 18.0. The Balaban J connectivity index is 2.64. The Hall–Kier alpha value is -0.960. The molecule has 1 aromatic heterocycles. The van der Waals surface area contributed by atoms with Crippen molar-refractivity contribution in [1.29, 1.82) is 0 Å². The number of benzene rings is 1. The van der Waals surface area contributed by atoms with Gasteiger partial charge in [0.05, 0.1) is 15.7 Å². The van der Waals surface area contributed by atoms with Gasteiger partial charge in [-0.05, 0) is 18.2 Å². The first-order valence-corrected chi connectivity index (χ1v) is 5.57. The Bertz CT molecular complexity index is 541. The summed E-state index contributed by atoms with van der Waals surface area (Å²) in [7, 11) is 0. The molecule has 82 valence electrons. The van der Waals surface area contributed by atoms with E-state index in [4.69, 9.17) is 40.5 Å². The largest absolute Gasteiger partial charge is 0.397 e. The molecule has 2 nitrogen and oxygen atoms in total. The molecule has 0 aliphatic carbocycles. The minimum Gasteiger partial charge on any atom is -0.397 e. The van der Waals surface area contributed by atoms with Crippen LogP contribution in [0.1, 0.15) is 0 Å². The summed E-state index contributed by atoms with van der Waals surface area (Å²) in [5, 5.41) is 1.37. The number of rotatable bonds is 1. The number of pyridine rings is 1. The van der Waals surface area contributed by atoms with E-state index in [0.29, 0.717) is 20.8 Å². The Morgan fingerprint density at radius 1 is 1.00 bits per heavy atom. The molecular formula is C11H7Cl3N2. The van der Waals surface area contributed by atoms with Crippen LogP contribution in [0.5, 0.6) is 0 Å². The van der Waals surface area contributed by atoms with E-state index in [1.54, 1.807) is 30.6 Å². The van der Waals surface area contributed by atoms with E-state index in [1.165, 1.54) is 0 Å². The molecule has 0 unspecified atom stereocenters. The fourth-order valence-corrected chi connectivity index (χ4v) is 2.08. The van der Waals surface area contributed by atoms with Gasteiger partial charge in [0, 0.05) is 28.5 Å². The summed E-state index contributed by atoms with van der Waals surface area (Å²) in [6.07, 6.45) is 3.22. The van der Waals surface area contributed by atoms with Crippen molar-refractivity contribution >= 4 is 40.5 Å². The summed E-state index contributed by atoms with van der Waals surface area (Å²) in [6, 6.07) is 5.09. The fraction of sp³-hybridized carbons (Fsp3) is 0. The maximum atomic E-state index is 6.09. The quantitative estimate of drug-likeness (QED) is 0.787. The molecule has 0 spiro atoms. The first-order valence-electron chi connectivity index (χ1n) is 4.43. The number of aromatic nitrogens is 1. The van der Waals surface area contributed by atoms with Crippen LogP contribution in [0.3, 0.4) is 0 Å². The molecule has 0 saturated carbocycles. The lowest BCUT2D eigenvalue weighted by Crippen LogP contribution is -1.88. The SMILES string of the molecule is Nc1cncc(-c2cc(Cl)cc(Cl)c2Cl)c1. The van der Waals surface area contributed by atoms with Crippen LogP contribution in [-0.2, 0) is 0 Å². The highest BCUT2D eigenvalue weighted by atomic mass is 35.5. The highest BCUT2D eigenvalue weighted by Crippen LogP contribution is 2.36. The Labute approximate surface area is 108 Å². The summed E-state index contributed by atoms with van der Waals surface area (Å²) < 4.78 is 0. The molecule has 2 aromatic rings. The molecule has 0 bridgehead atoms. The van der Waals surface area contributed by atoms with E-state index in [2.05, 4.69) is 4.98 Å². The van der Waals surface area contributed by atoms with Gasteiger partial charge in [-0.3, -0.25) is 4.98 Å². The zero-order valence-electron chi connectivity index (χ0n) is 8.05. The van der Waals surface area contributed by atoms with Gasteiger partial charge in [-0.15, -0.1) is 0 Å². The maximum Gasteiger partial charge on any atom is 0.0672 e. The van der Waals surface area contributed by atoms with E-state index in [9.17, 15) is 0 Å². The van der Waals surface area contributed by atoms with Crippen molar-refractivity contribution in [1.82, 2.24) is 4.98 Å².